The lowest BCUT2D eigenvalue weighted by molar-refractivity contribution is -0.137. The van der Waals surface area contributed by atoms with Gasteiger partial charge in [0.2, 0.25) is 30.4 Å². The van der Waals surface area contributed by atoms with E-state index < -0.39 is 53.3 Å². The molecule has 5 atom stereocenters. The van der Waals surface area contributed by atoms with Crippen LogP contribution in [0, 0.1) is 17.8 Å². The van der Waals surface area contributed by atoms with Gasteiger partial charge in [-0.25, -0.2) is 0 Å². The Labute approximate surface area is 232 Å². The highest BCUT2D eigenvalue weighted by atomic mass is 16.7. The van der Waals surface area contributed by atoms with Crippen LogP contribution >= 0.6 is 0 Å². The second-order valence-electron chi connectivity index (χ2n) is 10.1. The lowest BCUT2D eigenvalue weighted by Gasteiger charge is -2.27. The number of amides is 4. The van der Waals surface area contributed by atoms with Crippen molar-refractivity contribution >= 4 is 35.5 Å². The lowest BCUT2D eigenvalue weighted by Crippen LogP contribution is -2.50. The molecule has 4 rings (SSSR count). The van der Waals surface area contributed by atoms with Crippen LogP contribution < -0.4 is 25.4 Å². The van der Waals surface area contributed by atoms with Crippen LogP contribution in [0.2, 0.25) is 0 Å². The van der Waals surface area contributed by atoms with E-state index in [0.717, 1.165) is 5.56 Å². The average Bonchev–Trinajstić information content (AvgIpc) is 3.52. The molecule has 0 bridgehead atoms. The van der Waals surface area contributed by atoms with Gasteiger partial charge in [-0.05, 0) is 35.3 Å². The van der Waals surface area contributed by atoms with Crippen LogP contribution in [-0.4, -0.2) is 42.2 Å². The zero-order valence-electron chi connectivity index (χ0n) is 22.6. The molecule has 0 saturated carbocycles. The maximum atomic E-state index is 13.3. The molecule has 1 fully saturated rings. The molecule has 1 saturated heterocycles. The quantitative estimate of drug-likeness (QED) is 0.223. The highest BCUT2D eigenvalue weighted by molar-refractivity contribution is 6.16. The van der Waals surface area contributed by atoms with Crippen molar-refractivity contribution in [3.05, 3.63) is 65.7 Å². The molecule has 2 aromatic carbocycles. The Bertz CT molecular complexity index is 1320. The van der Waals surface area contributed by atoms with E-state index in [-0.39, 0.29) is 19.1 Å². The van der Waals surface area contributed by atoms with Gasteiger partial charge >= 0.3 is 0 Å². The van der Waals surface area contributed by atoms with Crippen LogP contribution in [-0.2, 0) is 24.0 Å². The van der Waals surface area contributed by atoms with Crippen molar-refractivity contribution in [3.8, 4) is 11.5 Å². The van der Waals surface area contributed by atoms with Crippen molar-refractivity contribution in [1.82, 2.24) is 16.0 Å². The molecule has 0 aliphatic carbocycles. The number of hydrogen-bond donors (Lipinski definition) is 3. The van der Waals surface area contributed by atoms with E-state index in [0.29, 0.717) is 23.5 Å². The third-order valence-corrected chi connectivity index (χ3v) is 7.32. The zero-order valence-corrected chi connectivity index (χ0v) is 22.6. The van der Waals surface area contributed by atoms with Crippen molar-refractivity contribution in [2.45, 2.75) is 45.7 Å². The highest BCUT2D eigenvalue weighted by Crippen LogP contribution is 2.33. The molecule has 10 nitrogen and oxygen atoms in total. The van der Waals surface area contributed by atoms with Gasteiger partial charge in [0.25, 0.3) is 0 Å². The topological polar surface area (TPSA) is 140 Å². The Hall–Kier alpha value is -4.47. The van der Waals surface area contributed by atoms with Crippen LogP contribution in [0.4, 0.5) is 0 Å². The molecule has 2 aliphatic rings. The minimum Gasteiger partial charge on any atom is -0.454 e. The van der Waals surface area contributed by atoms with Gasteiger partial charge in [-0.15, -0.1) is 0 Å². The number of ether oxygens (including phenoxy) is 2. The number of rotatable bonds is 11. The van der Waals surface area contributed by atoms with Crippen molar-refractivity contribution in [3.63, 3.8) is 0 Å². The van der Waals surface area contributed by atoms with Gasteiger partial charge in [-0.3, -0.25) is 29.3 Å². The van der Waals surface area contributed by atoms with E-state index in [1.54, 1.807) is 55.5 Å². The molecule has 210 valence electrons. The smallest absolute Gasteiger partial charge is 0.244 e. The van der Waals surface area contributed by atoms with Gasteiger partial charge in [-0.2, -0.15) is 0 Å². The first-order valence-corrected chi connectivity index (χ1v) is 13.3. The Balaban J connectivity index is 1.46. The van der Waals surface area contributed by atoms with E-state index in [1.165, 1.54) is 13.0 Å². The predicted molar refractivity (Wildman–Crippen MR) is 146 cm³/mol. The van der Waals surface area contributed by atoms with Gasteiger partial charge in [0.15, 0.2) is 17.3 Å². The fourth-order valence-electron chi connectivity index (χ4n) is 4.75. The van der Waals surface area contributed by atoms with Crippen LogP contribution in [0.3, 0.4) is 0 Å². The molecule has 0 spiro atoms. The maximum Gasteiger partial charge on any atom is 0.244 e. The van der Waals surface area contributed by atoms with Crippen LogP contribution in [0.15, 0.2) is 54.6 Å². The molecule has 2 heterocycles. The summed E-state index contributed by atoms with van der Waals surface area (Å²) in [5.74, 6) is -3.52. The Kier molecular flexibility index (Phi) is 8.98. The van der Waals surface area contributed by atoms with Gasteiger partial charge in [-0.1, -0.05) is 63.6 Å². The van der Waals surface area contributed by atoms with Crippen LogP contribution in [0.5, 0.6) is 11.5 Å². The van der Waals surface area contributed by atoms with Gasteiger partial charge < -0.3 is 20.1 Å². The molecular weight excluding hydrogens is 514 g/mol. The maximum absolute atomic E-state index is 13.3. The van der Waals surface area contributed by atoms with Crippen molar-refractivity contribution in [2.75, 3.05) is 6.79 Å². The monoisotopic (exact) mass is 547 g/mol. The summed E-state index contributed by atoms with van der Waals surface area (Å²) in [6.45, 7) is 5.36. The van der Waals surface area contributed by atoms with Gasteiger partial charge in [0, 0.05) is 6.08 Å². The van der Waals surface area contributed by atoms with Crippen LogP contribution in [0.25, 0.3) is 6.08 Å². The number of carbonyl (C=O) groups is 5. The molecular formula is C30H33N3O7. The predicted octanol–water partition coefficient (Wildman–Crippen LogP) is 2.68. The Morgan fingerprint density at radius 3 is 2.42 bits per heavy atom. The van der Waals surface area contributed by atoms with E-state index in [1.807, 2.05) is 13.0 Å². The van der Waals surface area contributed by atoms with Crippen molar-refractivity contribution in [1.29, 1.82) is 0 Å². The first-order chi connectivity index (χ1) is 19.2. The van der Waals surface area contributed by atoms with Crippen molar-refractivity contribution in [2.24, 2.45) is 17.8 Å². The number of Topliss-reactive ketones (excluding diaryl/α,β-unsaturated/α-hetero) is 1. The van der Waals surface area contributed by atoms with Crippen molar-refractivity contribution < 1.29 is 33.4 Å². The summed E-state index contributed by atoms with van der Waals surface area (Å²) < 4.78 is 10.7. The highest BCUT2D eigenvalue weighted by Gasteiger charge is 2.46. The molecule has 4 amide bonds. The largest absolute Gasteiger partial charge is 0.454 e. The lowest BCUT2D eigenvalue weighted by atomic mass is 9.83. The third-order valence-electron chi connectivity index (χ3n) is 7.32. The summed E-state index contributed by atoms with van der Waals surface area (Å²) in [5, 5.41) is 7.85. The molecule has 0 unspecified atom stereocenters. The summed E-state index contributed by atoms with van der Waals surface area (Å²) >= 11 is 0. The number of nitrogens with one attached hydrogen (secondary N) is 3. The van der Waals surface area contributed by atoms with E-state index in [2.05, 4.69) is 16.0 Å². The number of imide groups is 1. The minimum atomic E-state index is -1.15. The molecule has 10 heteroatoms. The summed E-state index contributed by atoms with van der Waals surface area (Å²) in [6, 6.07) is 12.7. The molecule has 2 aromatic rings. The first kappa shape index (κ1) is 28.5. The molecule has 0 radical (unpaired) electrons. The second kappa shape index (κ2) is 12.6. The van der Waals surface area contributed by atoms with E-state index >= 15 is 0 Å². The van der Waals surface area contributed by atoms with E-state index in [4.69, 9.17) is 9.47 Å². The number of hydrogen-bond acceptors (Lipinski definition) is 7. The summed E-state index contributed by atoms with van der Waals surface area (Å²) in [4.78, 5) is 63.7. The molecule has 0 aromatic heterocycles. The summed E-state index contributed by atoms with van der Waals surface area (Å²) in [5.41, 5.74) is 1.45. The number of fused-ring (bicyclic) bond motifs is 1. The SMILES string of the molecule is CC[C@@H](C)[C@H](NC(=O)C[C@H](NC(=O)/C=C/c1ccc2c(c1)OCO2)c1ccccc1)C(=O)[C@@H]1C(=O)NC(=O)[C@H]1C. The molecule has 40 heavy (non-hydrogen) atoms. The third kappa shape index (κ3) is 6.56. The fraction of sp³-hybridized carbons (Fsp3) is 0.367. The second-order valence-corrected chi connectivity index (χ2v) is 10.1. The Morgan fingerprint density at radius 2 is 1.75 bits per heavy atom. The number of carbonyl (C=O) groups excluding carboxylic acids is 5. The minimum absolute atomic E-state index is 0.140. The fourth-order valence-corrected chi connectivity index (χ4v) is 4.75. The summed E-state index contributed by atoms with van der Waals surface area (Å²) in [7, 11) is 0. The van der Waals surface area contributed by atoms with Gasteiger partial charge in [0.05, 0.1) is 24.4 Å². The van der Waals surface area contributed by atoms with Gasteiger partial charge in [0.1, 0.15) is 5.92 Å². The first-order valence-electron chi connectivity index (χ1n) is 13.3. The average molecular weight is 548 g/mol. The molecule has 2 aliphatic heterocycles. The zero-order chi connectivity index (χ0) is 28.8. The molecule has 3 N–H and O–H groups in total. The Morgan fingerprint density at radius 1 is 1.02 bits per heavy atom. The standard InChI is InChI=1S/C30H33N3O7/c1-4-17(2)27(28(36)26-18(3)29(37)33-30(26)38)32-25(35)15-21(20-8-6-5-7-9-20)31-24(34)13-11-19-10-12-22-23(14-19)40-16-39-22/h5-14,17-18,21,26-27H,4,15-16H2,1-3H3,(H,31,34)(H,32,35)(H,33,37,38)/b13-11+/t17-,18+,21+,26-,27+/m1/s1. The number of benzene rings is 2. The normalized spacial score (nSPS) is 20.1. The van der Waals surface area contributed by atoms with Crippen LogP contribution in [0.1, 0.15) is 50.8 Å². The number of ketones is 1. The van der Waals surface area contributed by atoms with E-state index in [9.17, 15) is 24.0 Å². The summed E-state index contributed by atoms with van der Waals surface area (Å²) in [6.07, 6.45) is 3.43.